The van der Waals surface area contributed by atoms with Crippen molar-refractivity contribution in [3.05, 3.63) is 88.1 Å². The van der Waals surface area contributed by atoms with E-state index < -0.39 is 17.6 Å². The second-order valence-electron chi connectivity index (χ2n) is 9.46. The summed E-state index contributed by atoms with van der Waals surface area (Å²) in [5.41, 5.74) is 2.62. The highest BCUT2D eigenvalue weighted by Crippen LogP contribution is 2.34. The van der Waals surface area contributed by atoms with Crippen molar-refractivity contribution >= 4 is 23.2 Å². The first-order valence-electron chi connectivity index (χ1n) is 12.3. The number of carbonyl (C=O) groups is 1. The van der Waals surface area contributed by atoms with Gasteiger partial charge in [0.15, 0.2) is 5.65 Å². The number of nitrogens with zero attached hydrogens (tertiary/aromatic N) is 5. The molecule has 0 atom stereocenters. The van der Waals surface area contributed by atoms with Crippen molar-refractivity contribution in [3.8, 4) is 11.8 Å². The number of nitrogens with one attached hydrogen (secondary N) is 1. The van der Waals surface area contributed by atoms with Crippen LogP contribution in [0.2, 0.25) is 0 Å². The van der Waals surface area contributed by atoms with E-state index in [2.05, 4.69) is 27.2 Å². The number of hydrogen-bond donors (Lipinski definition) is 1. The van der Waals surface area contributed by atoms with Crippen LogP contribution in [0.15, 0.2) is 54.7 Å². The summed E-state index contributed by atoms with van der Waals surface area (Å²) in [6.07, 6.45) is -2.77. The number of rotatable bonds is 6. The lowest BCUT2D eigenvalue weighted by Crippen LogP contribution is -2.20. The zero-order chi connectivity index (χ0) is 28.3. The molecule has 10 heteroatoms. The number of amides is 1. The summed E-state index contributed by atoms with van der Waals surface area (Å²) in [5.74, 6) is 6.25. The Kier molecular flexibility index (Phi) is 7.93. The van der Waals surface area contributed by atoms with Gasteiger partial charge in [-0.2, -0.15) is 18.2 Å². The Morgan fingerprint density at radius 3 is 2.51 bits per heavy atom. The molecule has 4 rings (SSSR count). The van der Waals surface area contributed by atoms with Crippen LogP contribution in [0.4, 0.5) is 24.8 Å². The molecule has 0 saturated carbocycles. The first-order chi connectivity index (χ1) is 18.4. The van der Waals surface area contributed by atoms with Gasteiger partial charge in [-0.05, 0) is 68.0 Å². The van der Waals surface area contributed by atoms with Crippen LogP contribution in [0, 0.1) is 18.8 Å². The maximum atomic E-state index is 13.7. The number of halogens is 3. The molecule has 0 spiro atoms. The van der Waals surface area contributed by atoms with E-state index in [0.29, 0.717) is 23.7 Å². The molecule has 2 aromatic carbocycles. The van der Waals surface area contributed by atoms with Crippen LogP contribution in [0.1, 0.15) is 45.1 Å². The molecule has 202 valence electrons. The predicted molar refractivity (Wildman–Crippen MR) is 146 cm³/mol. The highest BCUT2D eigenvalue weighted by atomic mass is 19.4. The highest BCUT2D eigenvalue weighted by molar-refractivity contribution is 6.04. The minimum Gasteiger partial charge on any atom is -0.346 e. The molecule has 4 aromatic rings. The van der Waals surface area contributed by atoms with Gasteiger partial charge in [0.25, 0.3) is 5.91 Å². The van der Waals surface area contributed by atoms with E-state index >= 15 is 0 Å². The first-order valence-corrected chi connectivity index (χ1v) is 12.3. The van der Waals surface area contributed by atoms with Crippen LogP contribution in [0.3, 0.4) is 0 Å². The van der Waals surface area contributed by atoms with Crippen LogP contribution in [-0.4, -0.2) is 53.1 Å². The van der Waals surface area contributed by atoms with E-state index in [1.807, 2.05) is 45.0 Å². The van der Waals surface area contributed by atoms with Crippen molar-refractivity contribution in [2.45, 2.75) is 26.6 Å². The minimum atomic E-state index is -4.54. The molecule has 1 N–H and O–H groups in total. The Balaban J connectivity index is 1.56. The molecular weight excluding hydrogens is 505 g/mol. The molecule has 0 bridgehead atoms. The first kappa shape index (κ1) is 27.7. The third kappa shape index (κ3) is 6.56. The maximum absolute atomic E-state index is 13.7. The minimum absolute atomic E-state index is 0.0714. The van der Waals surface area contributed by atoms with Crippen LogP contribution in [-0.2, 0) is 12.7 Å². The molecular formula is C29H29F3N6O. The van der Waals surface area contributed by atoms with Crippen molar-refractivity contribution in [3.63, 3.8) is 0 Å². The molecule has 0 saturated heterocycles. The third-order valence-corrected chi connectivity index (χ3v) is 6.22. The maximum Gasteiger partial charge on any atom is 0.416 e. The van der Waals surface area contributed by atoms with Crippen LogP contribution < -0.4 is 10.2 Å². The van der Waals surface area contributed by atoms with Gasteiger partial charge in [0.2, 0.25) is 5.95 Å². The van der Waals surface area contributed by atoms with Gasteiger partial charge < -0.3 is 15.1 Å². The van der Waals surface area contributed by atoms with Gasteiger partial charge in [-0.15, -0.1) is 5.10 Å². The van der Waals surface area contributed by atoms with Crippen molar-refractivity contribution < 1.29 is 18.0 Å². The summed E-state index contributed by atoms with van der Waals surface area (Å²) < 4.78 is 42.9. The zero-order valence-electron chi connectivity index (χ0n) is 22.4. The molecule has 39 heavy (non-hydrogen) atoms. The zero-order valence-corrected chi connectivity index (χ0v) is 22.4. The van der Waals surface area contributed by atoms with Gasteiger partial charge in [-0.1, -0.05) is 30.9 Å². The standard InChI is InChI=1S/C29H29F3N6O/c1-6-37(5)18-23-11-12-24(17-25(23)29(30,31)32)33-27(39)22-9-7-19(2)21(16-22)10-8-20-13-14-38-26(15-20)34-28(35-38)36(3)4/h7,9,11-17H,6,18H2,1-5H3,(H,33,39). The lowest BCUT2D eigenvalue weighted by atomic mass is 10.0. The van der Waals surface area contributed by atoms with E-state index in [-0.39, 0.29) is 23.4 Å². The molecule has 2 aromatic heterocycles. The monoisotopic (exact) mass is 534 g/mol. The van der Waals surface area contributed by atoms with E-state index in [0.717, 1.165) is 17.2 Å². The van der Waals surface area contributed by atoms with Gasteiger partial charge in [0.1, 0.15) is 0 Å². The number of pyridine rings is 1. The van der Waals surface area contributed by atoms with E-state index in [9.17, 15) is 18.0 Å². The lowest BCUT2D eigenvalue weighted by Gasteiger charge is -2.19. The Morgan fingerprint density at radius 2 is 1.82 bits per heavy atom. The molecule has 0 fully saturated rings. The van der Waals surface area contributed by atoms with Gasteiger partial charge in [-0.25, -0.2) is 4.52 Å². The van der Waals surface area contributed by atoms with Crippen molar-refractivity contribution in [2.75, 3.05) is 37.9 Å². The summed E-state index contributed by atoms with van der Waals surface area (Å²) in [7, 11) is 5.47. The second kappa shape index (κ2) is 11.2. The molecule has 0 aliphatic carbocycles. The van der Waals surface area contributed by atoms with Crippen molar-refractivity contribution in [1.29, 1.82) is 0 Å². The van der Waals surface area contributed by atoms with E-state index in [4.69, 9.17) is 0 Å². The van der Waals surface area contributed by atoms with Crippen molar-refractivity contribution in [1.82, 2.24) is 19.5 Å². The number of alkyl halides is 3. The number of anilines is 2. The van der Waals surface area contributed by atoms with E-state index in [1.54, 1.807) is 40.9 Å². The molecule has 7 nitrogen and oxygen atoms in total. The average molecular weight is 535 g/mol. The van der Waals surface area contributed by atoms with Gasteiger partial charge >= 0.3 is 6.18 Å². The topological polar surface area (TPSA) is 65.8 Å². The lowest BCUT2D eigenvalue weighted by molar-refractivity contribution is -0.138. The fourth-order valence-corrected chi connectivity index (χ4v) is 3.84. The smallest absolute Gasteiger partial charge is 0.346 e. The summed E-state index contributed by atoms with van der Waals surface area (Å²) in [6, 6.07) is 12.5. The summed E-state index contributed by atoms with van der Waals surface area (Å²) in [5, 5.41) is 6.96. The molecule has 0 aliphatic heterocycles. The Labute approximate surface area is 225 Å². The third-order valence-electron chi connectivity index (χ3n) is 6.22. The SMILES string of the molecule is CCN(C)Cc1ccc(NC(=O)c2ccc(C)c(C#Cc3ccn4nc(N(C)C)nc4c3)c2)cc1C(F)(F)F. The summed E-state index contributed by atoms with van der Waals surface area (Å²) in [4.78, 5) is 21.0. The van der Waals surface area contributed by atoms with Gasteiger partial charge in [-0.3, -0.25) is 4.79 Å². The molecule has 2 heterocycles. The van der Waals surface area contributed by atoms with Crippen LogP contribution in [0.25, 0.3) is 5.65 Å². The quantitative estimate of drug-likeness (QED) is 0.344. The number of hydrogen-bond acceptors (Lipinski definition) is 5. The van der Waals surface area contributed by atoms with E-state index in [1.165, 1.54) is 12.1 Å². The molecule has 0 aliphatic rings. The predicted octanol–water partition coefficient (Wildman–Crippen LogP) is 5.23. The normalized spacial score (nSPS) is 11.4. The fraction of sp³-hybridized carbons (Fsp3) is 0.276. The number of fused-ring (bicyclic) bond motifs is 1. The largest absolute Gasteiger partial charge is 0.416 e. The van der Waals surface area contributed by atoms with Gasteiger partial charge in [0.05, 0.1) is 5.56 Å². The Bertz CT molecular complexity index is 1580. The highest BCUT2D eigenvalue weighted by Gasteiger charge is 2.34. The molecule has 0 unspecified atom stereocenters. The second-order valence-corrected chi connectivity index (χ2v) is 9.46. The molecule has 1 amide bonds. The fourth-order valence-electron chi connectivity index (χ4n) is 3.84. The number of benzene rings is 2. The Morgan fingerprint density at radius 1 is 1.05 bits per heavy atom. The van der Waals surface area contributed by atoms with Crippen LogP contribution >= 0.6 is 0 Å². The van der Waals surface area contributed by atoms with Crippen molar-refractivity contribution in [2.24, 2.45) is 0 Å². The summed E-state index contributed by atoms with van der Waals surface area (Å²) in [6.45, 7) is 4.51. The Hall–Kier alpha value is -4.36. The van der Waals surface area contributed by atoms with Gasteiger partial charge in [0, 0.05) is 49.2 Å². The molecule has 0 radical (unpaired) electrons. The number of carbonyl (C=O) groups excluding carboxylic acids is 1. The average Bonchev–Trinajstić information content (AvgIpc) is 3.32. The van der Waals surface area contributed by atoms with Crippen LogP contribution in [0.5, 0.6) is 0 Å². The summed E-state index contributed by atoms with van der Waals surface area (Å²) >= 11 is 0. The number of aryl methyl sites for hydroxylation is 1. The number of aromatic nitrogens is 3.